The van der Waals surface area contributed by atoms with E-state index in [2.05, 4.69) is 21.2 Å². The van der Waals surface area contributed by atoms with Gasteiger partial charge >= 0.3 is 0 Å². The highest BCUT2D eigenvalue weighted by molar-refractivity contribution is 9.10. The Bertz CT molecular complexity index is 957. The summed E-state index contributed by atoms with van der Waals surface area (Å²) in [6, 6.07) is 12.0. The third-order valence-corrected chi connectivity index (χ3v) is 5.32. The second kappa shape index (κ2) is 7.98. The van der Waals surface area contributed by atoms with E-state index in [0.29, 0.717) is 15.7 Å². The fraction of sp³-hybridized carbons (Fsp3) is 0.105. The highest BCUT2D eigenvalue weighted by atomic mass is 79.9. The van der Waals surface area contributed by atoms with Crippen LogP contribution < -0.4 is 5.32 Å². The average Bonchev–Trinajstić information content (AvgIpc) is 2.87. The van der Waals surface area contributed by atoms with Gasteiger partial charge in [0.15, 0.2) is 0 Å². The maximum absolute atomic E-state index is 12.5. The Hall–Kier alpha value is -2.58. The number of hydrogen-bond acceptors (Lipinski definition) is 5. The van der Waals surface area contributed by atoms with Crippen molar-refractivity contribution in [1.29, 1.82) is 0 Å². The van der Waals surface area contributed by atoms with Crippen molar-refractivity contribution in [3.63, 3.8) is 0 Å². The number of hydrogen-bond donors (Lipinski definition) is 2. The molecule has 0 spiro atoms. The van der Waals surface area contributed by atoms with Crippen LogP contribution in [-0.4, -0.2) is 33.6 Å². The first-order valence-corrected chi connectivity index (χ1v) is 9.55. The molecule has 2 aromatic rings. The number of anilines is 1. The van der Waals surface area contributed by atoms with E-state index < -0.39 is 17.1 Å². The van der Waals surface area contributed by atoms with Gasteiger partial charge in [-0.2, -0.15) is 0 Å². The quantitative estimate of drug-likeness (QED) is 0.689. The fourth-order valence-corrected chi connectivity index (χ4v) is 3.62. The number of amides is 3. The maximum atomic E-state index is 12.5. The lowest BCUT2D eigenvalue weighted by molar-refractivity contribution is -0.127. The first kappa shape index (κ1) is 19.2. The smallest absolute Gasteiger partial charge is 0.294 e. The minimum absolute atomic E-state index is 0.0769. The molecule has 0 aliphatic carbocycles. The Kier molecular flexibility index (Phi) is 5.67. The van der Waals surface area contributed by atoms with E-state index >= 15 is 0 Å². The molecule has 138 valence electrons. The second-order valence-corrected chi connectivity index (χ2v) is 7.74. The molecule has 6 nitrogen and oxygen atoms in total. The molecule has 0 saturated carbocycles. The Balaban J connectivity index is 1.70. The molecule has 0 bridgehead atoms. The van der Waals surface area contributed by atoms with E-state index in [1.54, 1.807) is 30.3 Å². The lowest BCUT2D eigenvalue weighted by atomic mass is 10.2. The average molecular weight is 447 g/mol. The van der Waals surface area contributed by atoms with Gasteiger partial charge in [0.25, 0.3) is 11.1 Å². The number of benzene rings is 2. The summed E-state index contributed by atoms with van der Waals surface area (Å²) in [5.74, 6) is -0.893. The van der Waals surface area contributed by atoms with Gasteiger partial charge in [-0.3, -0.25) is 19.3 Å². The van der Waals surface area contributed by atoms with Gasteiger partial charge in [-0.25, -0.2) is 0 Å². The molecule has 1 aliphatic rings. The molecule has 8 heteroatoms. The monoisotopic (exact) mass is 446 g/mol. The van der Waals surface area contributed by atoms with Crippen molar-refractivity contribution in [1.82, 2.24) is 4.90 Å². The van der Waals surface area contributed by atoms with Gasteiger partial charge in [-0.15, -0.1) is 0 Å². The summed E-state index contributed by atoms with van der Waals surface area (Å²) in [5, 5.41) is 11.7. The van der Waals surface area contributed by atoms with Crippen molar-refractivity contribution in [3.05, 3.63) is 63.0 Å². The standard InChI is InChI=1S/C19H15BrN2O4S/c1-11-2-5-13(6-3-11)21-17(24)10-22-18(25)16(27-19(22)26)9-12-4-7-15(23)14(20)8-12/h2-9,23H,10H2,1H3,(H,21,24). The van der Waals surface area contributed by atoms with Crippen molar-refractivity contribution < 1.29 is 19.5 Å². The molecule has 0 atom stereocenters. The lowest BCUT2D eigenvalue weighted by Crippen LogP contribution is -2.36. The van der Waals surface area contributed by atoms with Crippen molar-refractivity contribution >= 4 is 56.5 Å². The van der Waals surface area contributed by atoms with E-state index in [-0.39, 0.29) is 17.2 Å². The summed E-state index contributed by atoms with van der Waals surface area (Å²) in [6.07, 6.45) is 1.55. The third-order valence-electron chi connectivity index (χ3n) is 3.78. The molecule has 2 aromatic carbocycles. The van der Waals surface area contributed by atoms with E-state index in [1.807, 2.05) is 19.1 Å². The lowest BCUT2D eigenvalue weighted by Gasteiger charge is -2.12. The Morgan fingerprint density at radius 2 is 1.93 bits per heavy atom. The van der Waals surface area contributed by atoms with Crippen molar-refractivity contribution in [2.24, 2.45) is 0 Å². The Labute approximate surface area is 168 Å². The third kappa shape index (κ3) is 4.58. The van der Waals surface area contributed by atoms with Crippen molar-refractivity contribution in [2.45, 2.75) is 6.92 Å². The van der Waals surface area contributed by atoms with E-state index in [9.17, 15) is 19.5 Å². The van der Waals surface area contributed by atoms with Crippen LogP contribution in [0.5, 0.6) is 5.75 Å². The first-order chi connectivity index (χ1) is 12.8. The zero-order valence-corrected chi connectivity index (χ0v) is 16.6. The minimum atomic E-state index is -0.520. The SMILES string of the molecule is Cc1ccc(NC(=O)CN2C(=O)SC(=Cc3ccc(O)c(Br)c3)C2=O)cc1. The molecule has 1 aliphatic heterocycles. The van der Waals surface area contributed by atoms with Gasteiger partial charge < -0.3 is 10.4 Å². The number of phenols is 1. The summed E-state index contributed by atoms with van der Waals surface area (Å²) in [4.78, 5) is 37.9. The molecule has 3 rings (SSSR count). The summed E-state index contributed by atoms with van der Waals surface area (Å²) >= 11 is 3.98. The molecule has 1 fully saturated rings. The zero-order chi connectivity index (χ0) is 19.6. The molecule has 3 amide bonds. The number of carbonyl (C=O) groups is 3. The van der Waals surface area contributed by atoms with Crippen LogP contribution in [0.3, 0.4) is 0 Å². The van der Waals surface area contributed by atoms with Crippen LogP contribution in [-0.2, 0) is 9.59 Å². The number of nitrogens with one attached hydrogen (secondary N) is 1. The number of aryl methyl sites for hydroxylation is 1. The second-order valence-electron chi connectivity index (χ2n) is 5.89. The van der Waals surface area contributed by atoms with Crippen LogP contribution in [0.25, 0.3) is 6.08 Å². The number of halogens is 1. The molecular formula is C19H15BrN2O4S. The number of rotatable bonds is 4. The van der Waals surface area contributed by atoms with Gasteiger partial charge in [-0.05, 0) is 70.5 Å². The number of phenolic OH excluding ortho intramolecular Hbond substituents is 1. The Morgan fingerprint density at radius 3 is 2.59 bits per heavy atom. The van der Waals surface area contributed by atoms with Crippen LogP contribution in [0.15, 0.2) is 51.8 Å². The number of imide groups is 1. The Morgan fingerprint density at radius 1 is 1.22 bits per heavy atom. The van der Waals surface area contributed by atoms with Gasteiger partial charge in [0.05, 0.1) is 9.38 Å². The van der Waals surface area contributed by atoms with Crippen LogP contribution >= 0.6 is 27.7 Å². The topological polar surface area (TPSA) is 86.7 Å². The number of nitrogens with zero attached hydrogens (tertiary/aromatic N) is 1. The maximum Gasteiger partial charge on any atom is 0.294 e. The molecule has 1 saturated heterocycles. The molecule has 0 unspecified atom stereocenters. The molecule has 2 N–H and O–H groups in total. The van der Waals surface area contributed by atoms with Crippen molar-refractivity contribution in [3.8, 4) is 5.75 Å². The largest absolute Gasteiger partial charge is 0.507 e. The highest BCUT2D eigenvalue weighted by Crippen LogP contribution is 2.33. The predicted octanol–water partition coefficient (Wildman–Crippen LogP) is 4.14. The molecule has 0 aromatic heterocycles. The fourth-order valence-electron chi connectivity index (χ4n) is 2.38. The van der Waals surface area contributed by atoms with E-state index in [0.717, 1.165) is 22.2 Å². The van der Waals surface area contributed by atoms with Gasteiger partial charge in [0.2, 0.25) is 5.91 Å². The summed E-state index contributed by atoms with van der Waals surface area (Å²) in [5.41, 5.74) is 2.31. The van der Waals surface area contributed by atoms with Crippen LogP contribution in [0.4, 0.5) is 10.5 Å². The highest BCUT2D eigenvalue weighted by Gasteiger charge is 2.36. The summed E-state index contributed by atoms with van der Waals surface area (Å²) in [6.45, 7) is 1.58. The predicted molar refractivity (Wildman–Crippen MR) is 108 cm³/mol. The number of aromatic hydroxyl groups is 1. The zero-order valence-electron chi connectivity index (χ0n) is 14.2. The molecule has 0 radical (unpaired) electrons. The van der Waals surface area contributed by atoms with Crippen LogP contribution in [0.2, 0.25) is 0 Å². The van der Waals surface area contributed by atoms with Crippen molar-refractivity contribution in [2.75, 3.05) is 11.9 Å². The summed E-state index contributed by atoms with van der Waals surface area (Å²) in [7, 11) is 0. The number of thioether (sulfide) groups is 1. The van der Waals surface area contributed by atoms with Gasteiger partial charge in [0, 0.05) is 5.69 Å². The normalized spacial score (nSPS) is 15.5. The number of carbonyl (C=O) groups excluding carboxylic acids is 3. The first-order valence-electron chi connectivity index (χ1n) is 7.94. The molecule has 27 heavy (non-hydrogen) atoms. The van der Waals surface area contributed by atoms with Crippen LogP contribution in [0, 0.1) is 6.92 Å². The van der Waals surface area contributed by atoms with Gasteiger partial charge in [-0.1, -0.05) is 23.8 Å². The van der Waals surface area contributed by atoms with E-state index in [4.69, 9.17) is 0 Å². The molecule has 1 heterocycles. The molecular weight excluding hydrogens is 432 g/mol. The van der Waals surface area contributed by atoms with E-state index in [1.165, 1.54) is 6.07 Å². The van der Waals surface area contributed by atoms with Crippen LogP contribution in [0.1, 0.15) is 11.1 Å². The minimum Gasteiger partial charge on any atom is -0.507 e. The van der Waals surface area contributed by atoms with Gasteiger partial charge in [0.1, 0.15) is 12.3 Å². The summed E-state index contributed by atoms with van der Waals surface area (Å²) < 4.78 is 0.480.